The fraction of sp³-hybridized carbons (Fsp3) is 0.875. The summed E-state index contributed by atoms with van der Waals surface area (Å²) >= 11 is 0. The van der Waals surface area contributed by atoms with E-state index < -0.39 is 0 Å². The molecule has 0 aliphatic rings. The summed E-state index contributed by atoms with van der Waals surface area (Å²) in [5.41, 5.74) is 1.21. The highest BCUT2D eigenvalue weighted by molar-refractivity contribution is 5.81. The summed E-state index contributed by atoms with van der Waals surface area (Å²) in [7, 11) is 0. The van der Waals surface area contributed by atoms with Crippen molar-refractivity contribution in [2.24, 2.45) is 5.10 Å². The van der Waals surface area contributed by atoms with E-state index in [0.717, 1.165) is 19.5 Å². The van der Waals surface area contributed by atoms with Crippen LogP contribution in [0.5, 0.6) is 0 Å². The van der Waals surface area contributed by atoms with E-state index in [9.17, 15) is 0 Å². The van der Waals surface area contributed by atoms with Gasteiger partial charge in [-0.05, 0) is 27.2 Å². The number of rotatable bonds is 4. The van der Waals surface area contributed by atoms with Gasteiger partial charge in [-0.3, -0.25) is 5.01 Å². The quantitative estimate of drug-likeness (QED) is 0.433. The van der Waals surface area contributed by atoms with Gasteiger partial charge >= 0.3 is 0 Å². The molecule has 0 bridgehead atoms. The monoisotopic (exact) mass is 142 g/mol. The number of hydrogen-bond donors (Lipinski definition) is 0. The first-order valence-corrected chi connectivity index (χ1v) is 4.03. The number of hydrogen-bond acceptors (Lipinski definition) is 2. The molecule has 0 amide bonds. The van der Waals surface area contributed by atoms with Crippen molar-refractivity contribution in [3.63, 3.8) is 0 Å². The Labute approximate surface area is 63.9 Å². The molecule has 0 saturated carbocycles. The van der Waals surface area contributed by atoms with Gasteiger partial charge in [-0.1, -0.05) is 6.92 Å². The van der Waals surface area contributed by atoms with Crippen molar-refractivity contribution in [1.29, 1.82) is 0 Å². The van der Waals surface area contributed by atoms with Gasteiger partial charge < -0.3 is 0 Å². The van der Waals surface area contributed by atoms with Gasteiger partial charge in [0, 0.05) is 18.8 Å². The van der Waals surface area contributed by atoms with Crippen molar-refractivity contribution in [2.75, 3.05) is 13.1 Å². The van der Waals surface area contributed by atoms with Crippen molar-refractivity contribution in [3.8, 4) is 0 Å². The molecular weight excluding hydrogens is 124 g/mol. The Balaban J connectivity index is 3.80. The molecule has 0 aliphatic heterocycles. The zero-order chi connectivity index (χ0) is 7.98. The van der Waals surface area contributed by atoms with E-state index in [1.54, 1.807) is 0 Å². The Morgan fingerprint density at radius 3 is 2.00 bits per heavy atom. The normalized spacial score (nSPS) is 11.8. The molecule has 2 nitrogen and oxygen atoms in total. The molecule has 0 aromatic heterocycles. The molecule has 0 spiro atoms. The number of hydrazone groups is 1. The van der Waals surface area contributed by atoms with Crippen LogP contribution in [-0.4, -0.2) is 23.8 Å². The van der Waals surface area contributed by atoms with E-state index >= 15 is 0 Å². The molecule has 0 saturated heterocycles. The Morgan fingerprint density at radius 2 is 1.70 bits per heavy atom. The summed E-state index contributed by atoms with van der Waals surface area (Å²) in [6.07, 6.45) is 1.05. The number of nitrogens with zero attached hydrogens (tertiary/aromatic N) is 2. The highest BCUT2D eigenvalue weighted by Crippen LogP contribution is 1.91. The van der Waals surface area contributed by atoms with Gasteiger partial charge in [0.1, 0.15) is 0 Å². The van der Waals surface area contributed by atoms with Gasteiger partial charge in [0.2, 0.25) is 0 Å². The topological polar surface area (TPSA) is 15.6 Å². The van der Waals surface area contributed by atoms with E-state index in [4.69, 9.17) is 0 Å². The minimum absolute atomic E-state index is 1.01. The van der Waals surface area contributed by atoms with Gasteiger partial charge in [0.05, 0.1) is 0 Å². The summed E-state index contributed by atoms with van der Waals surface area (Å²) in [6.45, 7) is 10.5. The third kappa shape index (κ3) is 3.49. The molecule has 10 heavy (non-hydrogen) atoms. The fourth-order valence-electron chi connectivity index (χ4n) is 0.677. The van der Waals surface area contributed by atoms with Crippen molar-refractivity contribution in [1.82, 2.24) is 5.01 Å². The maximum absolute atomic E-state index is 4.38. The highest BCUT2D eigenvalue weighted by Gasteiger charge is 1.92. The van der Waals surface area contributed by atoms with Crippen LogP contribution in [0.25, 0.3) is 0 Å². The minimum atomic E-state index is 1.01. The van der Waals surface area contributed by atoms with Crippen molar-refractivity contribution in [2.45, 2.75) is 34.1 Å². The van der Waals surface area contributed by atoms with Crippen LogP contribution in [0.4, 0.5) is 0 Å². The molecule has 0 aromatic carbocycles. The molecule has 2 heteroatoms. The van der Waals surface area contributed by atoms with Crippen LogP contribution in [0.15, 0.2) is 5.10 Å². The van der Waals surface area contributed by atoms with E-state index in [1.165, 1.54) is 5.71 Å². The molecule has 0 N–H and O–H groups in total. The fourth-order valence-corrected chi connectivity index (χ4v) is 0.677. The van der Waals surface area contributed by atoms with Crippen molar-refractivity contribution >= 4 is 5.71 Å². The van der Waals surface area contributed by atoms with Crippen LogP contribution in [0.2, 0.25) is 0 Å². The molecule has 0 radical (unpaired) electrons. The summed E-state index contributed by atoms with van der Waals surface area (Å²) in [6, 6.07) is 0. The highest BCUT2D eigenvalue weighted by atomic mass is 15.4. The van der Waals surface area contributed by atoms with Crippen LogP contribution in [-0.2, 0) is 0 Å². The van der Waals surface area contributed by atoms with Crippen LogP contribution in [0.3, 0.4) is 0 Å². The molecular formula is C8H18N2. The predicted octanol–water partition coefficient (Wildman–Crippen LogP) is 2.11. The largest absolute Gasteiger partial charge is 0.298 e. The third-order valence-electron chi connectivity index (χ3n) is 1.55. The zero-order valence-electron chi connectivity index (χ0n) is 7.52. The second-order valence-corrected chi connectivity index (χ2v) is 2.33. The molecule has 0 fully saturated rings. The molecule has 0 rings (SSSR count). The summed E-state index contributed by atoms with van der Waals surface area (Å²) < 4.78 is 0. The maximum Gasteiger partial charge on any atom is 0.0347 e. The first kappa shape index (κ1) is 9.47. The molecule has 0 unspecified atom stereocenters. The van der Waals surface area contributed by atoms with Crippen LogP contribution >= 0.6 is 0 Å². The zero-order valence-corrected chi connectivity index (χ0v) is 7.52. The summed E-state index contributed by atoms with van der Waals surface area (Å²) in [5, 5.41) is 6.45. The lowest BCUT2D eigenvalue weighted by Gasteiger charge is -2.14. The van der Waals surface area contributed by atoms with Gasteiger partial charge in [-0.25, -0.2) is 0 Å². The first-order valence-electron chi connectivity index (χ1n) is 4.03. The Kier molecular flexibility index (Phi) is 4.99. The standard InChI is InChI=1S/C8H18N2/c1-5-8(4)9-10(6-2)7-3/h5-7H2,1-4H3. The van der Waals surface area contributed by atoms with Gasteiger partial charge in [-0.15, -0.1) is 0 Å². The van der Waals surface area contributed by atoms with E-state index in [-0.39, 0.29) is 0 Å². The average Bonchev–Trinajstić information content (AvgIpc) is 1.99. The lowest BCUT2D eigenvalue weighted by atomic mass is 10.3. The maximum atomic E-state index is 4.38. The Hall–Kier alpha value is -0.530. The van der Waals surface area contributed by atoms with E-state index in [0.29, 0.717) is 0 Å². The Bertz CT molecular complexity index is 104. The lowest BCUT2D eigenvalue weighted by Crippen LogP contribution is -2.17. The third-order valence-corrected chi connectivity index (χ3v) is 1.55. The van der Waals surface area contributed by atoms with Crippen LogP contribution in [0, 0.1) is 0 Å². The molecule has 0 aromatic rings. The predicted molar refractivity (Wildman–Crippen MR) is 46.3 cm³/mol. The van der Waals surface area contributed by atoms with E-state index in [2.05, 4.69) is 37.8 Å². The SMILES string of the molecule is CCC(C)=NN(CC)CC. The smallest absolute Gasteiger partial charge is 0.0347 e. The van der Waals surface area contributed by atoms with Crippen molar-refractivity contribution in [3.05, 3.63) is 0 Å². The van der Waals surface area contributed by atoms with Crippen LogP contribution < -0.4 is 0 Å². The first-order chi connectivity index (χ1) is 4.74. The van der Waals surface area contributed by atoms with Gasteiger partial charge in [-0.2, -0.15) is 5.10 Å². The second kappa shape index (κ2) is 5.27. The minimum Gasteiger partial charge on any atom is -0.298 e. The Morgan fingerprint density at radius 1 is 1.20 bits per heavy atom. The summed E-state index contributed by atoms with van der Waals surface area (Å²) in [4.78, 5) is 0. The van der Waals surface area contributed by atoms with Crippen LogP contribution in [0.1, 0.15) is 34.1 Å². The van der Waals surface area contributed by atoms with E-state index in [1.807, 2.05) is 0 Å². The van der Waals surface area contributed by atoms with Gasteiger partial charge in [0.25, 0.3) is 0 Å². The molecule has 0 atom stereocenters. The van der Waals surface area contributed by atoms with Gasteiger partial charge in [0.15, 0.2) is 0 Å². The second-order valence-electron chi connectivity index (χ2n) is 2.33. The molecule has 0 heterocycles. The van der Waals surface area contributed by atoms with Crippen molar-refractivity contribution < 1.29 is 0 Å². The molecule has 0 aliphatic carbocycles. The lowest BCUT2D eigenvalue weighted by molar-refractivity contribution is 0.320. The molecule has 60 valence electrons. The summed E-state index contributed by atoms with van der Waals surface area (Å²) in [5.74, 6) is 0. The average molecular weight is 142 g/mol.